The maximum Gasteiger partial charge on any atom is 0.140 e. The average molecular weight is 387 g/mol. The van der Waals surface area contributed by atoms with Gasteiger partial charge in [-0.25, -0.2) is 0 Å². The van der Waals surface area contributed by atoms with Gasteiger partial charge in [0.25, 0.3) is 0 Å². The Morgan fingerprint density at radius 1 is 1.22 bits per heavy atom. The third-order valence-electron chi connectivity index (χ3n) is 5.69. The molecule has 5 heteroatoms. The van der Waals surface area contributed by atoms with E-state index in [0.29, 0.717) is 11.4 Å². The molecule has 0 radical (unpaired) electrons. The van der Waals surface area contributed by atoms with Gasteiger partial charge in [-0.2, -0.15) is 0 Å². The number of nitrogens with one attached hydrogen (secondary N) is 1. The number of nitrogens with zero attached hydrogens (tertiary/aromatic N) is 1. The molecule has 4 nitrogen and oxygen atoms in total. The summed E-state index contributed by atoms with van der Waals surface area (Å²) in [6.07, 6.45) is 4.32. The van der Waals surface area contributed by atoms with Gasteiger partial charge in [0.2, 0.25) is 0 Å². The minimum Gasteiger partial charge on any atom is -0.506 e. The van der Waals surface area contributed by atoms with E-state index in [2.05, 4.69) is 36.2 Å². The maximum atomic E-state index is 13.3. The number of rotatable bonds is 6. The second-order valence-electron chi connectivity index (χ2n) is 7.46. The fraction of sp³-hybridized carbons (Fsp3) is 0.455. The summed E-state index contributed by atoms with van der Waals surface area (Å²) in [5.41, 5.74) is 2.67. The van der Waals surface area contributed by atoms with Gasteiger partial charge in [0.05, 0.1) is 27.1 Å². The molecule has 0 aliphatic carbocycles. The van der Waals surface area contributed by atoms with Gasteiger partial charge in [0, 0.05) is 31.1 Å². The van der Waals surface area contributed by atoms with E-state index in [0.717, 1.165) is 48.5 Å². The summed E-state index contributed by atoms with van der Waals surface area (Å²) in [5, 5.41) is 13.4. The summed E-state index contributed by atoms with van der Waals surface area (Å²) in [6, 6.07) is 13.9. The lowest BCUT2D eigenvalue weighted by Crippen LogP contribution is -2.37. The van der Waals surface area contributed by atoms with Crippen molar-refractivity contribution < 1.29 is 9.32 Å². The molecule has 0 amide bonds. The van der Waals surface area contributed by atoms with E-state index < -0.39 is 10.8 Å². The van der Waals surface area contributed by atoms with Crippen LogP contribution in [0.25, 0.3) is 0 Å². The van der Waals surface area contributed by atoms with Crippen LogP contribution < -0.4 is 10.2 Å². The van der Waals surface area contributed by atoms with Crippen LogP contribution in [0.3, 0.4) is 0 Å². The minimum absolute atomic E-state index is 0.00877. The van der Waals surface area contributed by atoms with Crippen molar-refractivity contribution in [3.8, 4) is 5.75 Å². The van der Waals surface area contributed by atoms with E-state index in [1.165, 1.54) is 0 Å². The molecule has 0 fully saturated rings. The number of phenolic OH excluding ortho intramolecular Hbond substituents is 1. The Bertz CT molecular complexity index is 809. The molecular weight excluding hydrogens is 356 g/mol. The van der Waals surface area contributed by atoms with E-state index in [9.17, 15) is 9.32 Å². The topological polar surface area (TPSA) is 52.6 Å². The van der Waals surface area contributed by atoms with Crippen molar-refractivity contribution in [2.24, 2.45) is 5.41 Å². The van der Waals surface area contributed by atoms with Gasteiger partial charge in [-0.05, 0) is 36.5 Å². The van der Waals surface area contributed by atoms with E-state index in [4.69, 9.17) is 0 Å². The zero-order chi connectivity index (χ0) is 19.4. The lowest BCUT2D eigenvalue weighted by Gasteiger charge is -2.36. The van der Waals surface area contributed by atoms with Crippen LogP contribution in [-0.2, 0) is 10.8 Å². The molecule has 1 aliphatic heterocycles. The molecule has 0 saturated heterocycles. The van der Waals surface area contributed by atoms with Crippen LogP contribution in [0.5, 0.6) is 5.75 Å². The molecular formula is C22H30N2O2S. The lowest BCUT2D eigenvalue weighted by molar-refractivity contribution is 0.293. The Morgan fingerprint density at radius 3 is 2.59 bits per heavy atom. The van der Waals surface area contributed by atoms with Crippen LogP contribution in [0.2, 0.25) is 0 Å². The predicted octanol–water partition coefficient (Wildman–Crippen LogP) is 5.28. The van der Waals surface area contributed by atoms with Crippen molar-refractivity contribution in [2.45, 2.75) is 44.4 Å². The second-order valence-corrected chi connectivity index (χ2v) is 8.88. The Labute approximate surface area is 165 Å². The highest BCUT2D eigenvalue weighted by Crippen LogP contribution is 2.45. The summed E-state index contributed by atoms with van der Waals surface area (Å²) in [7, 11) is 0.642. The van der Waals surface area contributed by atoms with Gasteiger partial charge in [-0.15, -0.1) is 0 Å². The Balaban J connectivity index is 2.17. The van der Waals surface area contributed by atoms with Crippen molar-refractivity contribution in [3.05, 3.63) is 42.5 Å². The molecule has 0 saturated carbocycles. The van der Waals surface area contributed by atoms with Crippen LogP contribution in [0, 0.1) is 5.41 Å². The third-order valence-corrected chi connectivity index (χ3v) is 7.38. The quantitative estimate of drug-likeness (QED) is 0.663. The van der Waals surface area contributed by atoms with Crippen molar-refractivity contribution in [3.63, 3.8) is 0 Å². The first-order chi connectivity index (χ1) is 13.0. The van der Waals surface area contributed by atoms with E-state index in [-0.39, 0.29) is 11.2 Å². The second kappa shape index (κ2) is 8.34. The largest absolute Gasteiger partial charge is 0.506 e. The molecule has 2 unspecified atom stereocenters. The third kappa shape index (κ3) is 3.98. The van der Waals surface area contributed by atoms with Gasteiger partial charge in [-0.1, -0.05) is 44.9 Å². The first kappa shape index (κ1) is 19.7. The molecule has 2 aromatic carbocycles. The summed E-state index contributed by atoms with van der Waals surface area (Å²) < 4.78 is 13.3. The number of fused-ring (bicyclic) bond motifs is 1. The molecule has 2 aromatic rings. The SMILES string of the molecule is CCCCC1(CC)CN(c2ccccc2)c2cc(NC)c(O)cc2S(=O)C1. The Morgan fingerprint density at radius 2 is 1.96 bits per heavy atom. The van der Waals surface area contributed by atoms with Gasteiger partial charge < -0.3 is 15.3 Å². The number of benzene rings is 2. The zero-order valence-electron chi connectivity index (χ0n) is 16.5. The molecule has 0 spiro atoms. The summed E-state index contributed by atoms with van der Waals surface area (Å²) in [5.74, 6) is 0.785. The number of unbranched alkanes of at least 4 members (excludes halogenated alkanes) is 1. The van der Waals surface area contributed by atoms with Crippen LogP contribution in [-0.4, -0.2) is 28.7 Å². The molecule has 1 aliphatic rings. The van der Waals surface area contributed by atoms with Crippen molar-refractivity contribution in [2.75, 3.05) is 29.6 Å². The lowest BCUT2D eigenvalue weighted by atomic mass is 9.81. The van der Waals surface area contributed by atoms with E-state index in [1.54, 1.807) is 13.1 Å². The van der Waals surface area contributed by atoms with Crippen molar-refractivity contribution in [1.82, 2.24) is 0 Å². The highest BCUT2D eigenvalue weighted by atomic mass is 32.2. The Hall–Kier alpha value is -2.01. The van der Waals surface area contributed by atoms with Crippen molar-refractivity contribution in [1.29, 1.82) is 0 Å². The highest BCUT2D eigenvalue weighted by molar-refractivity contribution is 7.85. The number of anilines is 3. The molecule has 27 heavy (non-hydrogen) atoms. The van der Waals surface area contributed by atoms with Crippen LogP contribution >= 0.6 is 0 Å². The number of phenols is 1. The highest BCUT2D eigenvalue weighted by Gasteiger charge is 2.38. The van der Waals surface area contributed by atoms with E-state index in [1.807, 2.05) is 24.3 Å². The molecule has 3 rings (SSSR count). The van der Waals surface area contributed by atoms with E-state index >= 15 is 0 Å². The van der Waals surface area contributed by atoms with Gasteiger partial charge in [-0.3, -0.25) is 4.21 Å². The van der Waals surface area contributed by atoms with Crippen LogP contribution in [0.15, 0.2) is 47.4 Å². The fourth-order valence-electron chi connectivity index (χ4n) is 3.91. The first-order valence-electron chi connectivity index (χ1n) is 9.79. The summed E-state index contributed by atoms with van der Waals surface area (Å²) in [6.45, 7) is 5.25. The fourth-order valence-corrected chi connectivity index (χ4v) is 5.70. The van der Waals surface area contributed by atoms with Gasteiger partial charge in [0.15, 0.2) is 0 Å². The number of para-hydroxylation sites is 1. The average Bonchev–Trinajstić information content (AvgIpc) is 2.81. The monoisotopic (exact) mass is 386 g/mol. The Kier molecular flexibility index (Phi) is 6.10. The smallest absolute Gasteiger partial charge is 0.140 e. The van der Waals surface area contributed by atoms with Crippen LogP contribution in [0.4, 0.5) is 17.1 Å². The predicted molar refractivity (Wildman–Crippen MR) is 115 cm³/mol. The van der Waals surface area contributed by atoms with Gasteiger partial charge in [0.1, 0.15) is 5.75 Å². The maximum absolute atomic E-state index is 13.3. The summed E-state index contributed by atoms with van der Waals surface area (Å²) in [4.78, 5) is 3.02. The molecule has 2 atom stereocenters. The molecule has 146 valence electrons. The van der Waals surface area contributed by atoms with Gasteiger partial charge >= 0.3 is 0 Å². The van der Waals surface area contributed by atoms with Crippen molar-refractivity contribution >= 4 is 27.9 Å². The summed E-state index contributed by atoms with van der Waals surface area (Å²) >= 11 is 0. The minimum atomic E-state index is -1.15. The molecule has 0 bridgehead atoms. The normalized spacial score (nSPS) is 22.2. The number of aromatic hydroxyl groups is 1. The molecule has 2 N–H and O–H groups in total. The van der Waals surface area contributed by atoms with Crippen LogP contribution in [0.1, 0.15) is 39.5 Å². The standard InChI is InChI=1S/C22H30N2O2S/c1-4-6-12-22(5-2)15-24(17-10-8-7-9-11-17)19-13-18(23-3)20(25)14-21(19)27(26)16-22/h7-11,13-14,23,25H,4-6,12,15-16H2,1-3H3. The zero-order valence-corrected chi connectivity index (χ0v) is 17.3. The number of hydrogen-bond acceptors (Lipinski definition) is 4. The molecule has 1 heterocycles. The molecule has 0 aromatic heterocycles. The first-order valence-corrected chi connectivity index (χ1v) is 11.1. The number of hydrogen-bond donors (Lipinski definition) is 2.